The molecule has 0 saturated carbocycles. The lowest BCUT2D eigenvalue weighted by Crippen LogP contribution is -2.58. The van der Waals surface area contributed by atoms with Crippen molar-refractivity contribution < 1.29 is 4.79 Å². The van der Waals surface area contributed by atoms with Crippen LogP contribution in [0.4, 0.5) is 0 Å². The first-order valence-corrected chi connectivity index (χ1v) is 5.76. The molecule has 1 fully saturated rings. The van der Waals surface area contributed by atoms with Crippen LogP contribution in [0.1, 0.15) is 39.5 Å². The van der Waals surface area contributed by atoms with Crippen LogP contribution in [0.5, 0.6) is 0 Å². The van der Waals surface area contributed by atoms with E-state index in [1.165, 1.54) is 25.7 Å². The summed E-state index contributed by atoms with van der Waals surface area (Å²) >= 11 is 0. The standard InChI is InChI=1S/C11H23N3O/c1-9-6-4-3-5-7-14(9)8-11(2,13)10(12)15/h9H,3-8,13H2,1-2H3,(H2,12,15). The van der Waals surface area contributed by atoms with Gasteiger partial charge < -0.3 is 11.5 Å². The molecule has 0 aromatic rings. The molecule has 4 N–H and O–H groups in total. The van der Waals surface area contributed by atoms with E-state index in [2.05, 4.69) is 11.8 Å². The first-order valence-electron chi connectivity index (χ1n) is 5.76. The maximum Gasteiger partial charge on any atom is 0.238 e. The summed E-state index contributed by atoms with van der Waals surface area (Å²) in [5.74, 6) is -0.418. The summed E-state index contributed by atoms with van der Waals surface area (Å²) in [4.78, 5) is 13.4. The van der Waals surface area contributed by atoms with Gasteiger partial charge in [-0.1, -0.05) is 12.8 Å². The second-order valence-corrected chi connectivity index (χ2v) is 4.95. The Hall–Kier alpha value is -0.610. The smallest absolute Gasteiger partial charge is 0.238 e. The largest absolute Gasteiger partial charge is 0.368 e. The Morgan fingerprint density at radius 2 is 2.13 bits per heavy atom. The van der Waals surface area contributed by atoms with Gasteiger partial charge in [-0.25, -0.2) is 0 Å². The number of amides is 1. The quantitative estimate of drug-likeness (QED) is 0.715. The van der Waals surface area contributed by atoms with Gasteiger partial charge in [0.25, 0.3) is 0 Å². The van der Waals surface area contributed by atoms with Crippen LogP contribution >= 0.6 is 0 Å². The van der Waals surface area contributed by atoms with E-state index in [1.807, 2.05) is 0 Å². The number of rotatable bonds is 3. The topological polar surface area (TPSA) is 72.3 Å². The Labute approximate surface area is 92.0 Å². The van der Waals surface area contributed by atoms with Gasteiger partial charge in [-0.3, -0.25) is 9.69 Å². The van der Waals surface area contributed by atoms with Crippen molar-refractivity contribution >= 4 is 5.91 Å². The first-order chi connectivity index (χ1) is 6.93. The summed E-state index contributed by atoms with van der Waals surface area (Å²) < 4.78 is 0. The average molecular weight is 213 g/mol. The lowest BCUT2D eigenvalue weighted by atomic mass is 10.0. The van der Waals surface area contributed by atoms with Crippen molar-refractivity contribution in [1.82, 2.24) is 4.90 Å². The zero-order valence-corrected chi connectivity index (χ0v) is 9.83. The van der Waals surface area contributed by atoms with E-state index in [9.17, 15) is 4.79 Å². The Kier molecular flexibility index (Phi) is 4.11. The molecule has 4 nitrogen and oxygen atoms in total. The number of nitrogens with two attached hydrogens (primary N) is 2. The van der Waals surface area contributed by atoms with E-state index in [1.54, 1.807) is 6.92 Å². The van der Waals surface area contributed by atoms with Crippen LogP contribution in [0.15, 0.2) is 0 Å². The highest BCUT2D eigenvalue weighted by molar-refractivity contribution is 5.84. The van der Waals surface area contributed by atoms with Crippen LogP contribution in [0, 0.1) is 0 Å². The molecule has 1 rings (SSSR count). The lowest BCUT2D eigenvalue weighted by Gasteiger charge is -2.33. The highest BCUT2D eigenvalue weighted by atomic mass is 16.1. The molecule has 0 bridgehead atoms. The minimum Gasteiger partial charge on any atom is -0.368 e. The summed E-state index contributed by atoms with van der Waals surface area (Å²) in [7, 11) is 0. The van der Waals surface area contributed by atoms with E-state index >= 15 is 0 Å². The Bertz CT molecular complexity index is 228. The van der Waals surface area contributed by atoms with E-state index < -0.39 is 11.4 Å². The van der Waals surface area contributed by atoms with E-state index in [4.69, 9.17) is 11.5 Å². The van der Waals surface area contributed by atoms with E-state index in [-0.39, 0.29) is 0 Å². The summed E-state index contributed by atoms with van der Waals surface area (Å²) in [6.45, 7) is 5.51. The fourth-order valence-electron chi connectivity index (χ4n) is 2.07. The minimum absolute atomic E-state index is 0.418. The predicted molar refractivity (Wildman–Crippen MR) is 61.3 cm³/mol. The second-order valence-electron chi connectivity index (χ2n) is 4.95. The molecule has 15 heavy (non-hydrogen) atoms. The predicted octanol–water partition coefficient (Wildman–Crippen LogP) is 0.454. The molecule has 0 aromatic heterocycles. The third-order valence-corrected chi connectivity index (χ3v) is 3.29. The van der Waals surface area contributed by atoms with Crippen molar-refractivity contribution in [3.05, 3.63) is 0 Å². The van der Waals surface area contributed by atoms with Gasteiger partial charge >= 0.3 is 0 Å². The number of carbonyl (C=O) groups is 1. The van der Waals surface area contributed by atoms with Gasteiger partial charge in [0.05, 0.1) is 0 Å². The Morgan fingerprint density at radius 1 is 1.47 bits per heavy atom. The molecule has 1 saturated heterocycles. The molecule has 88 valence electrons. The van der Waals surface area contributed by atoms with Crippen LogP contribution in [-0.2, 0) is 4.79 Å². The summed E-state index contributed by atoms with van der Waals surface area (Å²) in [6.07, 6.45) is 4.93. The van der Waals surface area contributed by atoms with Crippen LogP contribution in [0.25, 0.3) is 0 Å². The molecule has 0 radical (unpaired) electrons. The zero-order valence-electron chi connectivity index (χ0n) is 9.83. The van der Waals surface area contributed by atoms with Crippen molar-refractivity contribution in [3.63, 3.8) is 0 Å². The van der Waals surface area contributed by atoms with Crippen LogP contribution in [-0.4, -0.2) is 35.5 Å². The molecular formula is C11H23N3O. The number of likely N-dealkylation sites (tertiary alicyclic amines) is 1. The molecule has 1 heterocycles. The Morgan fingerprint density at radius 3 is 2.73 bits per heavy atom. The third-order valence-electron chi connectivity index (χ3n) is 3.29. The average Bonchev–Trinajstić information content (AvgIpc) is 2.31. The zero-order chi connectivity index (χ0) is 11.5. The molecule has 0 spiro atoms. The number of hydrogen-bond donors (Lipinski definition) is 2. The van der Waals surface area contributed by atoms with Crippen molar-refractivity contribution in [2.45, 2.75) is 51.1 Å². The molecule has 0 aliphatic carbocycles. The van der Waals surface area contributed by atoms with Crippen LogP contribution < -0.4 is 11.5 Å². The fraction of sp³-hybridized carbons (Fsp3) is 0.909. The van der Waals surface area contributed by atoms with E-state index in [0.717, 1.165) is 6.54 Å². The minimum atomic E-state index is -0.904. The Balaban J connectivity index is 2.58. The maximum absolute atomic E-state index is 11.2. The molecular weight excluding hydrogens is 190 g/mol. The maximum atomic E-state index is 11.2. The van der Waals surface area contributed by atoms with Gasteiger partial charge in [-0.2, -0.15) is 0 Å². The van der Waals surface area contributed by atoms with Gasteiger partial charge in [0.2, 0.25) is 5.91 Å². The normalized spacial score (nSPS) is 28.1. The van der Waals surface area contributed by atoms with Crippen molar-refractivity contribution in [2.75, 3.05) is 13.1 Å². The second kappa shape index (κ2) is 4.94. The summed E-state index contributed by atoms with van der Waals surface area (Å²) in [5.41, 5.74) is 10.3. The molecule has 2 atom stereocenters. The molecule has 4 heteroatoms. The number of carbonyl (C=O) groups excluding carboxylic acids is 1. The molecule has 2 unspecified atom stereocenters. The molecule has 1 amide bonds. The van der Waals surface area contributed by atoms with Gasteiger partial charge in [0, 0.05) is 12.6 Å². The van der Waals surface area contributed by atoms with Gasteiger partial charge in [-0.15, -0.1) is 0 Å². The lowest BCUT2D eigenvalue weighted by molar-refractivity contribution is -0.123. The molecule has 1 aliphatic rings. The van der Waals surface area contributed by atoms with Gasteiger partial charge in [0.15, 0.2) is 0 Å². The number of primary amides is 1. The van der Waals surface area contributed by atoms with Crippen LogP contribution in [0.3, 0.4) is 0 Å². The van der Waals surface area contributed by atoms with E-state index in [0.29, 0.717) is 12.6 Å². The summed E-state index contributed by atoms with van der Waals surface area (Å²) in [5, 5.41) is 0. The molecule has 1 aliphatic heterocycles. The summed E-state index contributed by atoms with van der Waals surface area (Å²) in [6, 6.07) is 0.509. The third kappa shape index (κ3) is 3.47. The SMILES string of the molecule is CC1CCCCCN1CC(C)(N)C(N)=O. The first kappa shape index (κ1) is 12.5. The van der Waals surface area contributed by atoms with Crippen molar-refractivity contribution in [3.8, 4) is 0 Å². The van der Waals surface area contributed by atoms with Gasteiger partial charge in [-0.05, 0) is 33.2 Å². The number of hydrogen-bond acceptors (Lipinski definition) is 3. The van der Waals surface area contributed by atoms with Crippen molar-refractivity contribution in [2.24, 2.45) is 11.5 Å². The van der Waals surface area contributed by atoms with Gasteiger partial charge in [0.1, 0.15) is 5.54 Å². The fourth-order valence-corrected chi connectivity index (χ4v) is 2.07. The molecule has 0 aromatic carbocycles. The number of nitrogens with zero attached hydrogens (tertiary/aromatic N) is 1. The highest BCUT2D eigenvalue weighted by Crippen LogP contribution is 2.18. The monoisotopic (exact) mass is 213 g/mol. The van der Waals surface area contributed by atoms with Crippen molar-refractivity contribution in [1.29, 1.82) is 0 Å². The van der Waals surface area contributed by atoms with Crippen LogP contribution in [0.2, 0.25) is 0 Å². The highest BCUT2D eigenvalue weighted by Gasteiger charge is 2.30.